The summed E-state index contributed by atoms with van der Waals surface area (Å²) in [7, 11) is 1.74. The van der Waals surface area contributed by atoms with Crippen LogP contribution in [0, 0.1) is 5.92 Å². The van der Waals surface area contributed by atoms with Crippen molar-refractivity contribution in [1.29, 1.82) is 0 Å². The lowest BCUT2D eigenvalue weighted by Crippen LogP contribution is -2.39. The van der Waals surface area contributed by atoms with Crippen LogP contribution in [-0.2, 0) is 14.3 Å². The highest BCUT2D eigenvalue weighted by atomic mass is 16.5. The molecule has 5 heteroatoms. The number of hydrogen-bond donors (Lipinski definition) is 1. The molecule has 0 radical (unpaired) electrons. The molecule has 17 heavy (non-hydrogen) atoms. The Morgan fingerprint density at radius 3 is 2.47 bits per heavy atom. The van der Waals surface area contributed by atoms with Crippen molar-refractivity contribution in [2.24, 2.45) is 5.92 Å². The van der Waals surface area contributed by atoms with Gasteiger partial charge in [0.15, 0.2) is 6.10 Å². The van der Waals surface area contributed by atoms with Crippen molar-refractivity contribution in [3.05, 3.63) is 0 Å². The van der Waals surface area contributed by atoms with Crippen LogP contribution in [0.25, 0.3) is 0 Å². The maximum absolute atomic E-state index is 12.0. The van der Waals surface area contributed by atoms with Crippen LogP contribution >= 0.6 is 0 Å². The second-order valence-electron chi connectivity index (χ2n) is 4.76. The molecule has 0 aromatic heterocycles. The quantitative estimate of drug-likeness (QED) is 0.785. The number of amides is 1. The lowest BCUT2D eigenvalue weighted by molar-refractivity contribution is -0.154. The number of ether oxygens (including phenoxy) is 1. The number of carbonyl (C=O) groups is 2. The van der Waals surface area contributed by atoms with Gasteiger partial charge in [-0.2, -0.15) is 0 Å². The van der Waals surface area contributed by atoms with Gasteiger partial charge in [0.25, 0.3) is 5.91 Å². The predicted octanol–water partition coefficient (Wildman–Crippen LogP) is 1.12. The Morgan fingerprint density at radius 2 is 2.00 bits per heavy atom. The van der Waals surface area contributed by atoms with Crippen molar-refractivity contribution in [1.82, 2.24) is 4.90 Å². The van der Waals surface area contributed by atoms with Crippen molar-refractivity contribution in [3.63, 3.8) is 0 Å². The monoisotopic (exact) mass is 243 g/mol. The minimum atomic E-state index is -0.982. The average molecular weight is 243 g/mol. The zero-order chi connectivity index (χ0) is 13.0. The van der Waals surface area contributed by atoms with E-state index in [1.165, 1.54) is 0 Å². The zero-order valence-electron chi connectivity index (χ0n) is 10.7. The molecule has 0 saturated carbocycles. The first-order valence-electron chi connectivity index (χ1n) is 6.09. The van der Waals surface area contributed by atoms with E-state index in [1.54, 1.807) is 11.9 Å². The molecule has 98 valence electrons. The number of nitrogens with zero attached hydrogens (tertiary/aromatic N) is 1. The van der Waals surface area contributed by atoms with E-state index >= 15 is 0 Å². The van der Waals surface area contributed by atoms with Crippen molar-refractivity contribution < 1.29 is 19.4 Å². The van der Waals surface area contributed by atoms with Gasteiger partial charge in [-0.25, -0.2) is 4.79 Å². The molecule has 1 heterocycles. The van der Waals surface area contributed by atoms with E-state index in [4.69, 9.17) is 9.84 Å². The molecule has 5 nitrogen and oxygen atoms in total. The van der Waals surface area contributed by atoms with Gasteiger partial charge in [0.1, 0.15) is 6.10 Å². The van der Waals surface area contributed by atoms with Crippen LogP contribution in [0.3, 0.4) is 0 Å². The van der Waals surface area contributed by atoms with Gasteiger partial charge in [-0.15, -0.1) is 0 Å². The first-order valence-corrected chi connectivity index (χ1v) is 6.09. The van der Waals surface area contributed by atoms with E-state index < -0.39 is 18.2 Å². The van der Waals surface area contributed by atoms with E-state index in [0.29, 0.717) is 25.3 Å². The molecule has 0 aromatic rings. The lowest BCUT2D eigenvalue weighted by Gasteiger charge is -2.23. The Hall–Kier alpha value is -1.10. The Bertz CT molecular complexity index is 292. The fourth-order valence-electron chi connectivity index (χ4n) is 1.93. The van der Waals surface area contributed by atoms with Gasteiger partial charge in [0, 0.05) is 13.6 Å². The summed E-state index contributed by atoms with van der Waals surface area (Å²) in [5.74, 6) is -0.639. The van der Waals surface area contributed by atoms with E-state index in [2.05, 4.69) is 13.8 Å². The SMILES string of the molecule is CCC(C)CN(C)C(=O)C1CCC(C(=O)O)O1. The standard InChI is InChI=1S/C12H21NO4/c1-4-8(2)7-13(3)11(14)9-5-6-10(17-9)12(15)16/h8-10H,4-7H2,1-3H3,(H,15,16). The van der Waals surface area contributed by atoms with Gasteiger partial charge in [-0.3, -0.25) is 4.79 Å². The highest BCUT2D eigenvalue weighted by molar-refractivity contribution is 5.82. The molecule has 0 spiro atoms. The molecule has 1 fully saturated rings. The van der Waals surface area contributed by atoms with E-state index in [0.717, 1.165) is 6.42 Å². The highest BCUT2D eigenvalue weighted by Crippen LogP contribution is 2.21. The van der Waals surface area contributed by atoms with Gasteiger partial charge in [0.05, 0.1) is 0 Å². The number of carboxylic acid groups (broad SMARTS) is 1. The second kappa shape index (κ2) is 6.00. The molecule has 3 atom stereocenters. The molecule has 1 aliphatic heterocycles. The Labute approximate surface area is 102 Å². The normalized spacial score (nSPS) is 25.6. The minimum Gasteiger partial charge on any atom is -0.479 e. The zero-order valence-corrected chi connectivity index (χ0v) is 10.7. The van der Waals surface area contributed by atoms with Crippen LogP contribution in [0.15, 0.2) is 0 Å². The largest absolute Gasteiger partial charge is 0.479 e. The molecule has 0 aliphatic carbocycles. The summed E-state index contributed by atoms with van der Waals surface area (Å²) in [6.45, 7) is 4.85. The number of rotatable bonds is 5. The summed E-state index contributed by atoms with van der Waals surface area (Å²) >= 11 is 0. The number of aliphatic carboxylic acids is 1. The summed E-state index contributed by atoms with van der Waals surface area (Å²) in [6, 6.07) is 0. The molecule has 0 bridgehead atoms. The van der Waals surface area contributed by atoms with Crippen LogP contribution in [0.4, 0.5) is 0 Å². The summed E-state index contributed by atoms with van der Waals surface area (Å²) in [5, 5.41) is 8.78. The first-order chi connectivity index (χ1) is 7.95. The van der Waals surface area contributed by atoms with Crippen LogP contribution in [-0.4, -0.2) is 47.7 Å². The highest BCUT2D eigenvalue weighted by Gasteiger charge is 2.36. The number of carbonyl (C=O) groups excluding carboxylic acids is 1. The van der Waals surface area contributed by atoms with Gasteiger partial charge < -0.3 is 14.7 Å². The molecule has 1 amide bonds. The second-order valence-corrected chi connectivity index (χ2v) is 4.76. The number of hydrogen-bond acceptors (Lipinski definition) is 3. The topological polar surface area (TPSA) is 66.8 Å². The van der Waals surface area contributed by atoms with Crippen molar-refractivity contribution in [2.75, 3.05) is 13.6 Å². The summed E-state index contributed by atoms with van der Waals surface area (Å²) in [6.07, 6.45) is 0.538. The Morgan fingerprint density at radius 1 is 1.41 bits per heavy atom. The summed E-state index contributed by atoms with van der Waals surface area (Å²) < 4.78 is 5.23. The Kier molecular flexibility index (Phi) is 4.93. The molecule has 1 saturated heterocycles. The third-order valence-corrected chi connectivity index (χ3v) is 3.23. The van der Waals surface area contributed by atoms with E-state index in [1.807, 2.05) is 0 Å². The average Bonchev–Trinajstić information content (AvgIpc) is 2.77. The van der Waals surface area contributed by atoms with Crippen molar-refractivity contribution >= 4 is 11.9 Å². The fraction of sp³-hybridized carbons (Fsp3) is 0.833. The van der Waals surface area contributed by atoms with Crippen LogP contribution < -0.4 is 0 Å². The van der Waals surface area contributed by atoms with Crippen LogP contribution in [0.5, 0.6) is 0 Å². The van der Waals surface area contributed by atoms with Crippen LogP contribution in [0.1, 0.15) is 33.1 Å². The maximum Gasteiger partial charge on any atom is 0.332 e. The predicted molar refractivity (Wildman–Crippen MR) is 62.6 cm³/mol. The molecular formula is C12H21NO4. The fourth-order valence-corrected chi connectivity index (χ4v) is 1.93. The van der Waals surface area contributed by atoms with Gasteiger partial charge >= 0.3 is 5.97 Å². The first kappa shape index (κ1) is 14.0. The third-order valence-electron chi connectivity index (χ3n) is 3.23. The molecule has 0 aromatic carbocycles. The molecule has 1 rings (SSSR count). The van der Waals surface area contributed by atoms with Crippen molar-refractivity contribution in [3.8, 4) is 0 Å². The minimum absolute atomic E-state index is 0.103. The molecular weight excluding hydrogens is 222 g/mol. The summed E-state index contributed by atoms with van der Waals surface area (Å²) in [5.41, 5.74) is 0. The third kappa shape index (κ3) is 3.70. The smallest absolute Gasteiger partial charge is 0.332 e. The van der Waals surface area contributed by atoms with Gasteiger partial charge in [-0.1, -0.05) is 20.3 Å². The maximum atomic E-state index is 12.0. The molecule has 3 unspecified atom stereocenters. The van der Waals surface area contributed by atoms with Gasteiger partial charge in [0.2, 0.25) is 0 Å². The lowest BCUT2D eigenvalue weighted by atomic mass is 10.1. The van der Waals surface area contributed by atoms with E-state index in [9.17, 15) is 9.59 Å². The van der Waals surface area contributed by atoms with Crippen LogP contribution in [0.2, 0.25) is 0 Å². The van der Waals surface area contributed by atoms with Gasteiger partial charge in [-0.05, 0) is 18.8 Å². The summed E-state index contributed by atoms with van der Waals surface area (Å²) in [4.78, 5) is 24.3. The Balaban J connectivity index is 2.46. The number of carboxylic acids is 1. The molecule has 1 aliphatic rings. The molecule has 1 N–H and O–H groups in total. The van der Waals surface area contributed by atoms with E-state index in [-0.39, 0.29) is 5.91 Å². The number of likely N-dealkylation sites (N-methyl/N-ethyl adjacent to an activating group) is 1. The van der Waals surface area contributed by atoms with Crippen molar-refractivity contribution in [2.45, 2.75) is 45.3 Å².